The monoisotopic (exact) mass is 587 g/mol. The number of aromatic nitrogens is 3. The van der Waals surface area contributed by atoms with Gasteiger partial charge in [0.05, 0.1) is 38.1 Å². The number of carbonyl (C=O) groups excluding carboxylic acids is 1. The van der Waals surface area contributed by atoms with E-state index < -0.39 is 0 Å². The standard InChI is InChI=1S/C32H34FN5O3S/c1-4-27(39)37-12-13-38-22(17-37)16-25(35-38)29-28(23-6-5-21(33)15-26(23)41-20(2)3)30-24(7-14-42-30)31(34-29)36-10-8-32(9-11-36)18-40-19-32/h4-7,14-16,20H,1,8-13,17-19H2,2-3H3. The Balaban J connectivity index is 1.40. The molecule has 0 N–H and O–H groups in total. The zero-order valence-electron chi connectivity index (χ0n) is 23.9. The highest BCUT2D eigenvalue weighted by atomic mass is 32.1. The summed E-state index contributed by atoms with van der Waals surface area (Å²) in [5.74, 6) is 0.983. The number of thiophene rings is 1. The molecule has 1 spiro atoms. The van der Waals surface area contributed by atoms with Crippen LogP contribution in [-0.4, -0.2) is 64.5 Å². The van der Waals surface area contributed by atoms with Crippen LogP contribution in [-0.2, 0) is 22.6 Å². The Morgan fingerprint density at radius 1 is 1.17 bits per heavy atom. The summed E-state index contributed by atoms with van der Waals surface area (Å²) in [6, 6.07) is 8.88. The quantitative estimate of drug-likeness (QED) is 0.262. The van der Waals surface area contributed by atoms with Crippen molar-refractivity contribution in [2.45, 2.75) is 45.9 Å². The zero-order valence-corrected chi connectivity index (χ0v) is 24.8. The maximum atomic E-state index is 14.5. The van der Waals surface area contributed by atoms with Gasteiger partial charge in [0.1, 0.15) is 28.8 Å². The molecule has 2 saturated heterocycles. The fraction of sp³-hybridized carbons (Fsp3) is 0.406. The number of piperidine rings is 1. The van der Waals surface area contributed by atoms with Crippen LogP contribution in [0.5, 0.6) is 5.75 Å². The summed E-state index contributed by atoms with van der Waals surface area (Å²) in [5, 5.41) is 8.17. The number of amides is 1. The Kier molecular flexibility index (Phi) is 6.78. The van der Waals surface area contributed by atoms with E-state index in [2.05, 4.69) is 22.9 Å². The number of nitrogens with zero attached hydrogens (tertiary/aromatic N) is 5. The first-order valence-electron chi connectivity index (χ1n) is 14.5. The van der Waals surface area contributed by atoms with Gasteiger partial charge in [-0.25, -0.2) is 9.37 Å². The molecular weight excluding hydrogens is 553 g/mol. The molecule has 3 aromatic heterocycles. The summed E-state index contributed by atoms with van der Waals surface area (Å²) in [5.41, 5.74) is 4.37. The molecule has 0 unspecified atom stereocenters. The van der Waals surface area contributed by atoms with Gasteiger partial charge in [-0.15, -0.1) is 11.3 Å². The molecule has 6 heterocycles. The molecule has 2 fully saturated rings. The van der Waals surface area contributed by atoms with Crippen molar-refractivity contribution >= 4 is 33.1 Å². The molecule has 0 atom stereocenters. The molecular formula is C32H34FN5O3S. The third-order valence-corrected chi connectivity index (χ3v) is 9.56. The van der Waals surface area contributed by atoms with Crippen molar-refractivity contribution < 1.29 is 18.7 Å². The Morgan fingerprint density at radius 2 is 1.98 bits per heavy atom. The second-order valence-corrected chi connectivity index (χ2v) is 12.7. The number of pyridine rings is 1. The Morgan fingerprint density at radius 3 is 2.69 bits per heavy atom. The molecule has 1 aromatic carbocycles. The van der Waals surface area contributed by atoms with E-state index in [1.165, 1.54) is 18.2 Å². The van der Waals surface area contributed by atoms with E-state index in [4.69, 9.17) is 19.6 Å². The largest absolute Gasteiger partial charge is 0.490 e. The summed E-state index contributed by atoms with van der Waals surface area (Å²) in [4.78, 5) is 21.9. The molecule has 0 radical (unpaired) electrons. The lowest BCUT2D eigenvalue weighted by molar-refractivity contribution is -0.127. The smallest absolute Gasteiger partial charge is 0.246 e. The van der Waals surface area contributed by atoms with E-state index in [0.29, 0.717) is 30.8 Å². The van der Waals surface area contributed by atoms with Gasteiger partial charge in [0, 0.05) is 52.3 Å². The SMILES string of the molecule is C=CC(=O)N1CCn2nc(-c3nc(N4CCC5(CC4)COC5)c4ccsc4c3-c3ccc(F)cc3OC(C)C)cc2C1. The second kappa shape index (κ2) is 10.5. The lowest BCUT2D eigenvalue weighted by atomic mass is 9.77. The lowest BCUT2D eigenvalue weighted by Crippen LogP contribution is -2.51. The van der Waals surface area contributed by atoms with Gasteiger partial charge in [-0.3, -0.25) is 9.48 Å². The first-order valence-corrected chi connectivity index (χ1v) is 15.4. The number of fused-ring (bicyclic) bond motifs is 2. The van der Waals surface area contributed by atoms with Gasteiger partial charge in [-0.1, -0.05) is 6.58 Å². The van der Waals surface area contributed by atoms with Crippen molar-refractivity contribution in [3.05, 3.63) is 59.9 Å². The van der Waals surface area contributed by atoms with Gasteiger partial charge >= 0.3 is 0 Å². The van der Waals surface area contributed by atoms with Crippen molar-refractivity contribution in [1.82, 2.24) is 19.7 Å². The average molecular weight is 588 g/mol. The summed E-state index contributed by atoms with van der Waals surface area (Å²) in [7, 11) is 0. The van der Waals surface area contributed by atoms with E-state index >= 15 is 0 Å². The molecule has 0 saturated carbocycles. The van der Waals surface area contributed by atoms with E-state index in [-0.39, 0.29) is 17.8 Å². The highest BCUT2D eigenvalue weighted by molar-refractivity contribution is 7.18. The van der Waals surface area contributed by atoms with E-state index in [1.54, 1.807) is 22.3 Å². The fourth-order valence-electron chi connectivity index (χ4n) is 6.31. The summed E-state index contributed by atoms with van der Waals surface area (Å²) >= 11 is 1.65. The predicted octanol–water partition coefficient (Wildman–Crippen LogP) is 5.90. The minimum absolute atomic E-state index is 0.0911. The van der Waals surface area contributed by atoms with Gasteiger partial charge in [-0.2, -0.15) is 5.10 Å². The Bertz CT molecular complexity index is 1680. The van der Waals surface area contributed by atoms with Crippen LogP contribution in [0.4, 0.5) is 10.2 Å². The van der Waals surface area contributed by atoms with Crippen LogP contribution in [0.1, 0.15) is 32.4 Å². The third kappa shape index (κ3) is 4.66. The van der Waals surface area contributed by atoms with Gasteiger partial charge < -0.3 is 19.3 Å². The van der Waals surface area contributed by atoms with Crippen molar-refractivity contribution in [2.75, 3.05) is 37.7 Å². The number of rotatable bonds is 6. The third-order valence-electron chi connectivity index (χ3n) is 8.63. The highest BCUT2D eigenvalue weighted by Crippen LogP contribution is 2.47. The van der Waals surface area contributed by atoms with Gasteiger partial charge in [-0.05, 0) is 62.4 Å². The Hall–Kier alpha value is -3.76. The van der Waals surface area contributed by atoms with Crippen LogP contribution in [0.25, 0.3) is 32.6 Å². The zero-order chi connectivity index (χ0) is 29.0. The van der Waals surface area contributed by atoms with Crippen LogP contribution in [0, 0.1) is 11.2 Å². The van der Waals surface area contributed by atoms with E-state index in [0.717, 1.165) is 83.3 Å². The molecule has 0 bridgehead atoms. The molecule has 1 amide bonds. The summed E-state index contributed by atoms with van der Waals surface area (Å²) < 4.78 is 29.3. The first-order chi connectivity index (χ1) is 20.3. The first kappa shape index (κ1) is 27.1. The van der Waals surface area contributed by atoms with Crippen molar-refractivity contribution in [3.8, 4) is 28.3 Å². The molecule has 218 valence electrons. The molecule has 3 aliphatic heterocycles. The van der Waals surface area contributed by atoms with Crippen LogP contribution in [0.2, 0.25) is 0 Å². The molecule has 0 aliphatic carbocycles. The number of ether oxygens (including phenoxy) is 2. The number of hydrogen-bond donors (Lipinski definition) is 0. The Labute approximate surface area is 248 Å². The minimum Gasteiger partial charge on any atom is -0.490 e. The average Bonchev–Trinajstić information content (AvgIpc) is 3.62. The van der Waals surface area contributed by atoms with Crippen LogP contribution < -0.4 is 9.64 Å². The van der Waals surface area contributed by atoms with Crippen molar-refractivity contribution in [2.24, 2.45) is 5.41 Å². The van der Waals surface area contributed by atoms with Crippen molar-refractivity contribution in [3.63, 3.8) is 0 Å². The summed E-state index contributed by atoms with van der Waals surface area (Å²) in [6.07, 6.45) is 3.37. The van der Waals surface area contributed by atoms with Gasteiger partial charge in [0.2, 0.25) is 5.91 Å². The number of halogens is 1. The second-order valence-electron chi connectivity index (χ2n) is 11.8. The van der Waals surface area contributed by atoms with E-state index in [1.807, 2.05) is 24.6 Å². The number of carbonyl (C=O) groups is 1. The lowest BCUT2D eigenvalue weighted by Gasteiger charge is -2.47. The van der Waals surface area contributed by atoms with Crippen molar-refractivity contribution in [1.29, 1.82) is 0 Å². The minimum atomic E-state index is -0.352. The van der Waals surface area contributed by atoms with E-state index in [9.17, 15) is 9.18 Å². The molecule has 3 aliphatic rings. The highest BCUT2D eigenvalue weighted by Gasteiger charge is 2.42. The molecule has 42 heavy (non-hydrogen) atoms. The van der Waals surface area contributed by atoms with Gasteiger partial charge in [0.15, 0.2) is 0 Å². The molecule has 8 nitrogen and oxygen atoms in total. The molecule has 4 aromatic rings. The topological polar surface area (TPSA) is 72.7 Å². The molecule has 7 rings (SSSR count). The normalized spacial score (nSPS) is 17.9. The van der Waals surface area contributed by atoms with Crippen LogP contribution >= 0.6 is 11.3 Å². The predicted molar refractivity (Wildman–Crippen MR) is 162 cm³/mol. The molecule has 10 heteroatoms. The fourth-order valence-corrected chi connectivity index (χ4v) is 7.26. The maximum Gasteiger partial charge on any atom is 0.246 e. The van der Waals surface area contributed by atoms with Crippen LogP contribution in [0.3, 0.4) is 0 Å². The summed E-state index contributed by atoms with van der Waals surface area (Å²) in [6.45, 7) is 12.7. The number of hydrogen-bond acceptors (Lipinski definition) is 7. The maximum absolute atomic E-state index is 14.5. The van der Waals surface area contributed by atoms with Gasteiger partial charge in [0.25, 0.3) is 0 Å². The number of anilines is 1. The van der Waals surface area contributed by atoms with Crippen LogP contribution in [0.15, 0.2) is 48.4 Å². The number of benzene rings is 1.